The number of hydrogen-bond acceptors (Lipinski definition) is 6. The number of rotatable bonds is 4. The fraction of sp³-hybridized carbons (Fsp3) is 0.176. The zero-order chi connectivity index (χ0) is 17.1. The number of ether oxygens (including phenoxy) is 2. The molecule has 0 saturated carbocycles. The van der Waals surface area contributed by atoms with E-state index in [0.717, 1.165) is 10.9 Å². The number of para-hydroxylation sites is 1. The van der Waals surface area contributed by atoms with Crippen LogP contribution < -0.4 is 14.8 Å². The molecule has 3 aromatic rings. The second-order valence-corrected chi connectivity index (χ2v) is 5.09. The topological polar surface area (TPSA) is 86.2 Å². The van der Waals surface area contributed by atoms with Gasteiger partial charge in [-0.05, 0) is 24.6 Å². The average Bonchev–Trinajstić information content (AvgIpc) is 2.63. The molecule has 3 rings (SSSR count). The van der Waals surface area contributed by atoms with Crippen LogP contribution in [0.4, 0.5) is 5.69 Å². The SMILES string of the molecule is COc1ccc(C(=O)Nc2c(C)cnc3c(OC)cccc23)nn1. The smallest absolute Gasteiger partial charge is 0.276 e. The number of benzene rings is 1. The molecule has 0 aliphatic rings. The molecule has 2 aromatic heterocycles. The molecule has 0 spiro atoms. The Hall–Kier alpha value is -3.22. The first-order valence-electron chi connectivity index (χ1n) is 7.25. The maximum absolute atomic E-state index is 12.5. The van der Waals surface area contributed by atoms with Gasteiger partial charge in [-0.2, -0.15) is 0 Å². The van der Waals surface area contributed by atoms with Gasteiger partial charge >= 0.3 is 0 Å². The van der Waals surface area contributed by atoms with Crippen LogP contribution in [0.2, 0.25) is 0 Å². The van der Waals surface area contributed by atoms with Crippen LogP contribution in [-0.4, -0.2) is 35.3 Å². The van der Waals surface area contributed by atoms with Crippen LogP contribution in [0.1, 0.15) is 16.1 Å². The fourth-order valence-electron chi connectivity index (χ4n) is 2.35. The summed E-state index contributed by atoms with van der Waals surface area (Å²) in [6.45, 7) is 1.88. The molecule has 1 N–H and O–H groups in total. The van der Waals surface area contributed by atoms with Crippen molar-refractivity contribution in [3.63, 3.8) is 0 Å². The van der Waals surface area contributed by atoms with Gasteiger partial charge in [0.05, 0.1) is 19.9 Å². The van der Waals surface area contributed by atoms with Gasteiger partial charge in [-0.1, -0.05) is 12.1 Å². The molecule has 0 atom stereocenters. The van der Waals surface area contributed by atoms with E-state index in [1.54, 1.807) is 25.4 Å². The van der Waals surface area contributed by atoms with E-state index in [2.05, 4.69) is 20.5 Å². The maximum Gasteiger partial charge on any atom is 0.276 e. The minimum absolute atomic E-state index is 0.197. The molecule has 1 aromatic carbocycles. The number of aromatic nitrogens is 3. The standard InChI is InChI=1S/C17H16N4O3/c1-10-9-18-16-11(5-4-6-13(16)23-2)15(10)19-17(22)12-7-8-14(24-3)21-20-12/h4-9H,1-3H3,(H,18,19,22). The Morgan fingerprint density at radius 2 is 1.92 bits per heavy atom. The monoisotopic (exact) mass is 324 g/mol. The Balaban J connectivity index is 1.99. The molecular weight excluding hydrogens is 308 g/mol. The van der Waals surface area contributed by atoms with Gasteiger partial charge in [0.2, 0.25) is 5.88 Å². The number of nitrogens with one attached hydrogen (secondary N) is 1. The van der Waals surface area contributed by atoms with Gasteiger partial charge in [-0.25, -0.2) is 0 Å². The van der Waals surface area contributed by atoms with Crippen molar-refractivity contribution in [2.75, 3.05) is 19.5 Å². The molecule has 7 heteroatoms. The van der Waals surface area contributed by atoms with Crippen molar-refractivity contribution in [3.05, 3.63) is 47.8 Å². The lowest BCUT2D eigenvalue weighted by Crippen LogP contribution is -2.15. The third-order valence-corrected chi connectivity index (χ3v) is 3.59. The zero-order valence-electron chi connectivity index (χ0n) is 13.5. The minimum atomic E-state index is -0.358. The third kappa shape index (κ3) is 2.83. The molecule has 0 radical (unpaired) electrons. The van der Waals surface area contributed by atoms with E-state index in [1.807, 2.05) is 25.1 Å². The summed E-state index contributed by atoms with van der Waals surface area (Å²) in [5.74, 6) is 0.637. The number of methoxy groups -OCH3 is 2. The van der Waals surface area contributed by atoms with Crippen LogP contribution in [0.5, 0.6) is 11.6 Å². The fourth-order valence-corrected chi connectivity index (χ4v) is 2.35. The van der Waals surface area contributed by atoms with Crippen molar-refractivity contribution in [2.24, 2.45) is 0 Å². The van der Waals surface area contributed by atoms with E-state index < -0.39 is 0 Å². The Bertz CT molecular complexity index is 894. The number of anilines is 1. The molecule has 24 heavy (non-hydrogen) atoms. The Kier molecular flexibility index (Phi) is 4.24. The molecule has 0 bridgehead atoms. The number of carbonyl (C=O) groups excluding carboxylic acids is 1. The highest BCUT2D eigenvalue weighted by Crippen LogP contribution is 2.31. The first kappa shape index (κ1) is 15.7. The number of hydrogen-bond donors (Lipinski definition) is 1. The van der Waals surface area contributed by atoms with Gasteiger partial charge in [0.25, 0.3) is 5.91 Å². The zero-order valence-corrected chi connectivity index (χ0v) is 13.5. The Labute approximate surface area is 138 Å². The first-order valence-corrected chi connectivity index (χ1v) is 7.25. The van der Waals surface area contributed by atoms with Gasteiger partial charge in [0.1, 0.15) is 11.3 Å². The second-order valence-electron chi connectivity index (χ2n) is 5.09. The van der Waals surface area contributed by atoms with E-state index in [0.29, 0.717) is 22.8 Å². The Morgan fingerprint density at radius 3 is 2.58 bits per heavy atom. The highest BCUT2D eigenvalue weighted by atomic mass is 16.5. The van der Waals surface area contributed by atoms with Gasteiger partial charge in [0.15, 0.2) is 5.69 Å². The minimum Gasteiger partial charge on any atom is -0.494 e. The van der Waals surface area contributed by atoms with Gasteiger partial charge in [0, 0.05) is 17.6 Å². The molecule has 2 heterocycles. The van der Waals surface area contributed by atoms with Crippen LogP contribution in [0, 0.1) is 6.92 Å². The number of fused-ring (bicyclic) bond motifs is 1. The highest BCUT2D eigenvalue weighted by Gasteiger charge is 2.14. The lowest BCUT2D eigenvalue weighted by atomic mass is 10.1. The molecule has 0 aliphatic carbocycles. The number of pyridine rings is 1. The van der Waals surface area contributed by atoms with Gasteiger partial charge in [-0.3, -0.25) is 9.78 Å². The van der Waals surface area contributed by atoms with Gasteiger partial charge < -0.3 is 14.8 Å². The molecule has 7 nitrogen and oxygen atoms in total. The van der Waals surface area contributed by atoms with E-state index in [4.69, 9.17) is 9.47 Å². The van der Waals surface area contributed by atoms with Gasteiger partial charge in [-0.15, -0.1) is 10.2 Å². The predicted octanol–water partition coefficient (Wildman–Crippen LogP) is 2.60. The molecule has 0 unspecified atom stereocenters. The van der Waals surface area contributed by atoms with Crippen LogP contribution in [0.15, 0.2) is 36.5 Å². The second kappa shape index (κ2) is 6.49. The van der Waals surface area contributed by atoms with Crippen molar-refractivity contribution < 1.29 is 14.3 Å². The van der Waals surface area contributed by atoms with Crippen molar-refractivity contribution in [1.29, 1.82) is 0 Å². The number of aryl methyl sites for hydroxylation is 1. The summed E-state index contributed by atoms with van der Waals surface area (Å²) in [5.41, 5.74) is 2.39. The first-order chi connectivity index (χ1) is 11.6. The summed E-state index contributed by atoms with van der Waals surface area (Å²) in [6, 6.07) is 8.70. The van der Waals surface area contributed by atoms with Crippen LogP contribution in [0.25, 0.3) is 10.9 Å². The highest BCUT2D eigenvalue weighted by molar-refractivity contribution is 6.09. The van der Waals surface area contributed by atoms with Crippen molar-refractivity contribution in [2.45, 2.75) is 6.92 Å². The normalized spacial score (nSPS) is 10.5. The van der Waals surface area contributed by atoms with Crippen molar-refractivity contribution >= 4 is 22.5 Å². The van der Waals surface area contributed by atoms with Crippen LogP contribution in [-0.2, 0) is 0 Å². The summed E-state index contributed by atoms with van der Waals surface area (Å²) in [5, 5.41) is 11.3. The molecule has 0 saturated heterocycles. The number of nitrogens with zero attached hydrogens (tertiary/aromatic N) is 3. The molecule has 122 valence electrons. The summed E-state index contributed by atoms with van der Waals surface area (Å²) in [7, 11) is 3.07. The molecule has 0 fully saturated rings. The quantitative estimate of drug-likeness (QED) is 0.794. The van der Waals surface area contributed by atoms with E-state index in [9.17, 15) is 4.79 Å². The van der Waals surface area contributed by atoms with E-state index >= 15 is 0 Å². The predicted molar refractivity (Wildman–Crippen MR) is 89.6 cm³/mol. The summed E-state index contributed by atoms with van der Waals surface area (Å²) in [4.78, 5) is 16.9. The van der Waals surface area contributed by atoms with Crippen molar-refractivity contribution in [1.82, 2.24) is 15.2 Å². The summed E-state index contributed by atoms with van der Waals surface area (Å²) in [6.07, 6.45) is 1.69. The maximum atomic E-state index is 12.5. The summed E-state index contributed by atoms with van der Waals surface area (Å²) >= 11 is 0. The van der Waals surface area contributed by atoms with Crippen molar-refractivity contribution in [3.8, 4) is 11.6 Å². The van der Waals surface area contributed by atoms with E-state index in [-0.39, 0.29) is 11.6 Å². The lowest BCUT2D eigenvalue weighted by Gasteiger charge is -2.12. The van der Waals surface area contributed by atoms with Crippen LogP contribution in [0.3, 0.4) is 0 Å². The van der Waals surface area contributed by atoms with E-state index in [1.165, 1.54) is 7.11 Å². The number of amides is 1. The van der Waals surface area contributed by atoms with Crippen LogP contribution >= 0.6 is 0 Å². The molecular formula is C17H16N4O3. The average molecular weight is 324 g/mol. The molecule has 0 aliphatic heterocycles. The largest absolute Gasteiger partial charge is 0.494 e. The Morgan fingerprint density at radius 1 is 1.08 bits per heavy atom. The third-order valence-electron chi connectivity index (χ3n) is 3.59. The lowest BCUT2D eigenvalue weighted by molar-refractivity contribution is 0.102. The summed E-state index contributed by atoms with van der Waals surface area (Å²) < 4.78 is 10.3. The number of carbonyl (C=O) groups is 1. The molecule has 1 amide bonds.